The highest BCUT2D eigenvalue weighted by Gasteiger charge is 2.37. The summed E-state index contributed by atoms with van der Waals surface area (Å²) in [6.07, 6.45) is 4.37. The van der Waals surface area contributed by atoms with Gasteiger partial charge in [0.15, 0.2) is 0 Å². The zero-order chi connectivity index (χ0) is 24.1. The van der Waals surface area contributed by atoms with Crippen LogP contribution in [0.5, 0.6) is 11.5 Å². The first-order chi connectivity index (χ1) is 16.5. The number of anilines is 1. The Morgan fingerprint density at radius 2 is 1.59 bits per heavy atom. The number of benzene rings is 2. The fourth-order valence-corrected chi connectivity index (χ4v) is 5.27. The van der Waals surface area contributed by atoms with Crippen LogP contribution in [0.15, 0.2) is 42.5 Å². The van der Waals surface area contributed by atoms with Crippen molar-refractivity contribution >= 4 is 29.1 Å². The molecule has 1 unspecified atom stereocenters. The molecule has 2 aromatic rings. The smallest absolute Gasteiger partial charge is 0.255 e. The molecule has 4 rings (SSSR count). The Hall–Kier alpha value is -2.77. The molecule has 1 N–H and O–H groups in total. The lowest BCUT2D eigenvalue weighted by atomic mass is 9.94. The monoisotopic (exact) mass is 485 g/mol. The molecule has 182 valence electrons. The fraction of sp³-hybridized carbons (Fsp3) is 0.462. The highest BCUT2D eigenvalue weighted by molar-refractivity contribution is 6.33. The molecule has 2 fully saturated rings. The predicted octanol–water partition coefficient (Wildman–Crippen LogP) is 4.31. The second-order valence-corrected chi connectivity index (χ2v) is 9.30. The van der Waals surface area contributed by atoms with Gasteiger partial charge in [-0.25, -0.2) is 0 Å². The van der Waals surface area contributed by atoms with Gasteiger partial charge in [0.2, 0.25) is 5.91 Å². The van der Waals surface area contributed by atoms with Crippen molar-refractivity contribution in [2.45, 2.75) is 31.7 Å². The lowest BCUT2D eigenvalue weighted by Gasteiger charge is -2.40. The van der Waals surface area contributed by atoms with Crippen LogP contribution in [0.3, 0.4) is 0 Å². The molecule has 1 atom stereocenters. The molecule has 1 saturated heterocycles. The van der Waals surface area contributed by atoms with Gasteiger partial charge in [0.05, 0.1) is 30.8 Å². The number of halogens is 1. The fourth-order valence-electron chi connectivity index (χ4n) is 5.06. The normalized spacial score (nSPS) is 17.9. The van der Waals surface area contributed by atoms with Crippen LogP contribution < -0.4 is 14.8 Å². The second-order valence-electron chi connectivity index (χ2n) is 8.89. The minimum absolute atomic E-state index is 0.0203. The largest absolute Gasteiger partial charge is 0.497 e. The third kappa shape index (κ3) is 5.47. The summed E-state index contributed by atoms with van der Waals surface area (Å²) in [6.45, 7) is 2.42. The molecule has 0 spiro atoms. The first-order valence-electron chi connectivity index (χ1n) is 11.8. The molecular weight excluding hydrogens is 454 g/mol. The number of ether oxygens (including phenoxy) is 2. The SMILES string of the molecule is COc1cc(NC(=O)C(C2CCCC2)N2CCN(C(=O)c3ccccc3Cl)CC2)cc(OC)c1. The van der Waals surface area contributed by atoms with Crippen molar-refractivity contribution in [2.24, 2.45) is 5.92 Å². The van der Waals surface area contributed by atoms with Crippen molar-refractivity contribution in [2.75, 3.05) is 45.7 Å². The van der Waals surface area contributed by atoms with E-state index in [4.69, 9.17) is 21.1 Å². The minimum atomic E-state index is -0.239. The van der Waals surface area contributed by atoms with Gasteiger partial charge in [-0.05, 0) is 30.9 Å². The van der Waals surface area contributed by atoms with Crippen LogP contribution in [0.4, 0.5) is 5.69 Å². The number of hydrogen-bond donors (Lipinski definition) is 1. The van der Waals surface area contributed by atoms with Crippen LogP contribution in [-0.2, 0) is 4.79 Å². The zero-order valence-electron chi connectivity index (χ0n) is 19.8. The van der Waals surface area contributed by atoms with E-state index in [2.05, 4.69) is 10.2 Å². The summed E-state index contributed by atoms with van der Waals surface area (Å²) in [5.41, 5.74) is 1.17. The van der Waals surface area contributed by atoms with Gasteiger partial charge in [-0.2, -0.15) is 0 Å². The lowest BCUT2D eigenvalue weighted by Crippen LogP contribution is -2.57. The maximum atomic E-state index is 13.5. The number of methoxy groups -OCH3 is 2. The van der Waals surface area contributed by atoms with E-state index in [9.17, 15) is 9.59 Å². The number of carbonyl (C=O) groups excluding carboxylic acids is 2. The van der Waals surface area contributed by atoms with Crippen LogP contribution in [0.2, 0.25) is 5.02 Å². The molecule has 1 saturated carbocycles. The molecule has 1 aliphatic carbocycles. The summed E-state index contributed by atoms with van der Waals surface area (Å²) in [4.78, 5) is 30.6. The van der Waals surface area contributed by atoms with Gasteiger partial charge in [0.1, 0.15) is 11.5 Å². The van der Waals surface area contributed by atoms with Gasteiger partial charge < -0.3 is 19.7 Å². The minimum Gasteiger partial charge on any atom is -0.497 e. The van der Waals surface area contributed by atoms with Gasteiger partial charge in [-0.15, -0.1) is 0 Å². The first kappa shape index (κ1) is 24.4. The molecule has 2 aromatic carbocycles. The van der Waals surface area contributed by atoms with Gasteiger partial charge in [-0.3, -0.25) is 14.5 Å². The van der Waals surface area contributed by atoms with Crippen molar-refractivity contribution in [1.29, 1.82) is 0 Å². The zero-order valence-corrected chi connectivity index (χ0v) is 20.5. The molecule has 34 heavy (non-hydrogen) atoms. The van der Waals surface area contributed by atoms with Crippen LogP contribution in [0, 0.1) is 5.92 Å². The number of hydrogen-bond acceptors (Lipinski definition) is 5. The van der Waals surface area contributed by atoms with E-state index in [1.807, 2.05) is 17.0 Å². The van der Waals surface area contributed by atoms with Crippen LogP contribution in [-0.4, -0.2) is 68.1 Å². The standard InChI is InChI=1S/C26H32ClN3O4/c1-33-20-15-19(16-21(17-20)34-2)28-25(31)24(18-7-3-4-8-18)29-11-13-30(14-12-29)26(32)22-9-5-6-10-23(22)27/h5-6,9-10,15-18,24H,3-4,7-8,11-14H2,1-2H3,(H,28,31). The molecular formula is C26H32ClN3O4. The number of rotatable bonds is 7. The van der Waals surface area contributed by atoms with Crippen molar-refractivity contribution in [3.05, 3.63) is 53.1 Å². The summed E-state index contributed by atoms with van der Waals surface area (Å²) in [6, 6.07) is 12.3. The molecule has 1 heterocycles. The van der Waals surface area contributed by atoms with E-state index in [0.29, 0.717) is 59.9 Å². The summed E-state index contributed by atoms with van der Waals surface area (Å²) in [5.74, 6) is 1.47. The van der Waals surface area contributed by atoms with Crippen molar-refractivity contribution in [3.63, 3.8) is 0 Å². The van der Waals surface area contributed by atoms with E-state index in [1.165, 1.54) is 0 Å². The second kappa shape index (κ2) is 11.1. The van der Waals surface area contributed by atoms with E-state index >= 15 is 0 Å². The third-order valence-electron chi connectivity index (χ3n) is 6.83. The molecule has 8 heteroatoms. The van der Waals surface area contributed by atoms with Crippen LogP contribution in [0.1, 0.15) is 36.0 Å². The van der Waals surface area contributed by atoms with E-state index in [-0.39, 0.29) is 17.9 Å². The summed E-state index contributed by atoms with van der Waals surface area (Å²) >= 11 is 6.24. The number of piperazine rings is 1. The van der Waals surface area contributed by atoms with Crippen molar-refractivity contribution in [1.82, 2.24) is 9.80 Å². The Kier molecular flexibility index (Phi) is 7.95. The molecule has 0 aromatic heterocycles. The highest BCUT2D eigenvalue weighted by Crippen LogP contribution is 2.33. The van der Waals surface area contributed by atoms with Crippen molar-refractivity contribution in [3.8, 4) is 11.5 Å². The number of carbonyl (C=O) groups is 2. The van der Waals surface area contributed by atoms with Crippen LogP contribution >= 0.6 is 11.6 Å². The maximum Gasteiger partial charge on any atom is 0.255 e. The quantitative estimate of drug-likeness (QED) is 0.632. The van der Waals surface area contributed by atoms with Crippen molar-refractivity contribution < 1.29 is 19.1 Å². The average Bonchev–Trinajstić information content (AvgIpc) is 3.38. The average molecular weight is 486 g/mol. The topological polar surface area (TPSA) is 71.1 Å². The third-order valence-corrected chi connectivity index (χ3v) is 7.16. The maximum absolute atomic E-state index is 13.5. The number of amides is 2. The molecule has 7 nitrogen and oxygen atoms in total. The Bertz CT molecular complexity index is 995. The molecule has 0 radical (unpaired) electrons. The van der Waals surface area contributed by atoms with Gasteiger partial charge >= 0.3 is 0 Å². The van der Waals surface area contributed by atoms with Crippen LogP contribution in [0.25, 0.3) is 0 Å². The predicted molar refractivity (Wildman–Crippen MR) is 133 cm³/mol. The highest BCUT2D eigenvalue weighted by atomic mass is 35.5. The summed E-state index contributed by atoms with van der Waals surface area (Å²) in [5, 5.41) is 3.56. The van der Waals surface area contributed by atoms with Gasteiger partial charge in [0, 0.05) is 50.1 Å². The Balaban J connectivity index is 1.46. The lowest BCUT2D eigenvalue weighted by molar-refractivity contribution is -0.123. The molecule has 0 bridgehead atoms. The Morgan fingerprint density at radius 1 is 0.971 bits per heavy atom. The summed E-state index contributed by atoms with van der Waals surface area (Å²) in [7, 11) is 3.18. The van der Waals surface area contributed by atoms with Gasteiger partial charge in [-0.1, -0.05) is 36.6 Å². The number of nitrogens with one attached hydrogen (secondary N) is 1. The Morgan fingerprint density at radius 3 is 2.18 bits per heavy atom. The first-order valence-corrected chi connectivity index (χ1v) is 12.2. The molecule has 2 aliphatic rings. The summed E-state index contributed by atoms with van der Waals surface area (Å²) < 4.78 is 10.7. The van der Waals surface area contributed by atoms with Gasteiger partial charge in [0.25, 0.3) is 5.91 Å². The number of nitrogens with zero attached hydrogens (tertiary/aromatic N) is 2. The van der Waals surface area contributed by atoms with E-state index in [0.717, 1.165) is 25.7 Å². The molecule has 1 aliphatic heterocycles. The van der Waals surface area contributed by atoms with E-state index in [1.54, 1.807) is 44.6 Å². The Labute approximate surface area is 206 Å². The van der Waals surface area contributed by atoms with E-state index < -0.39 is 0 Å². The molecule has 2 amide bonds.